The number of amides is 1. The van der Waals surface area contributed by atoms with Crippen molar-refractivity contribution >= 4 is 29.1 Å². The van der Waals surface area contributed by atoms with Crippen molar-refractivity contribution in [2.75, 3.05) is 34.0 Å². The number of aliphatic hydroxyl groups excluding tert-OH is 1. The van der Waals surface area contributed by atoms with Gasteiger partial charge in [0.2, 0.25) is 17.7 Å². The van der Waals surface area contributed by atoms with Crippen molar-refractivity contribution in [3.8, 4) is 45.4 Å². The van der Waals surface area contributed by atoms with E-state index in [1.807, 2.05) is 36.4 Å². The first-order valence-electron chi connectivity index (χ1n) is 15.1. The zero-order valence-corrected chi connectivity index (χ0v) is 27.5. The van der Waals surface area contributed by atoms with Crippen LogP contribution in [0.2, 0.25) is 10.0 Å². The predicted molar refractivity (Wildman–Crippen MR) is 178 cm³/mol. The monoisotopic (exact) mass is 683 g/mol. The van der Waals surface area contributed by atoms with E-state index in [9.17, 15) is 14.3 Å². The molecular formula is C33H36Cl2FN7O4. The first-order chi connectivity index (χ1) is 22.9. The average Bonchev–Trinajstić information content (AvgIpc) is 3.51. The van der Waals surface area contributed by atoms with E-state index in [4.69, 9.17) is 37.7 Å². The summed E-state index contributed by atoms with van der Waals surface area (Å²) in [4.78, 5) is 29.9. The lowest BCUT2D eigenvalue weighted by Crippen LogP contribution is -2.35. The third-order valence-corrected chi connectivity index (χ3v) is 8.67. The summed E-state index contributed by atoms with van der Waals surface area (Å²) in [6.07, 6.45) is 4.77. The van der Waals surface area contributed by atoms with Crippen LogP contribution in [0.4, 0.5) is 4.39 Å². The number of alkyl halides is 1. The summed E-state index contributed by atoms with van der Waals surface area (Å²) in [6, 6.07) is 10.8. The zero-order chi connectivity index (χ0) is 33.3. The number of aromatic nitrogens is 4. The molecule has 47 heavy (non-hydrogen) atoms. The summed E-state index contributed by atoms with van der Waals surface area (Å²) < 4.78 is 23.8. The topological polar surface area (TPSA) is 143 Å². The lowest BCUT2D eigenvalue weighted by molar-refractivity contribution is -0.119. The van der Waals surface area contributed by atoms with Crippen molar-refractivity contribution in [3.05, 3.63) is 70.2 Å². The van der Waals surface area contributed by atoms with Gasteiger partial charge in [-0.2, -0.15) is 0 Å². The Labute approximate surface area is 282 Å². The number of hydrogen-bond donors (Lipinski definition) is 4. The van der Waals surface area contributed by atoms with Crippen LogP contribution in [0.3, 0.4) is 0 Å². The Morgan fingerprint density at radius 3 is 1.98 bits per heavy atom. The smallest absolute Gasteiger partial charge is 0.237 e. The highest BCUT2D eigenvalue weighted by molar-refractivity contribution is 6.39. The third kappa shape index (κ3) is 8.14. The van der Waals surface area contributed by atoms with Crippen molar-refractivity contribution in [2.24, 2.45) is 0 Å². The molecule has 0 spiro atoms. The molecule has 0 bridgehead atoms. The van der Waals surface area contributed by atoms with E-state index in [0.717, 1.165) is 6.42 Å². The second kappa shape index (κ2) is 16.2. The summed E-state index contributed by atoms with van der Waals surface area (Å²) in [7, 11) is 3.03. The van der Waals surface area contributed by atoms with Crippen molar-refractivity contribution in [1.29, 1.82) is 0 Å². The minimum Gasteiger partial charge on any atom is -0.480 e. The quantitative estimate of drug-likeness (QED) is 0.138. The molecule has 1 unspecified atom stereocenters. The zero-order valence-electron chi connectivity index (χ0n) is 26.0. The fourth-order valence-corrected chi connectivity index (χ4v) is 5.97. The second-order valence-corrected chi connectivity index (χ2v) is 11.7. The van der Waals surface area contributed by atoms with E-state index in [1.54, 1.807) is 12.4 Å². The summed E-state index contributed by atoms with van der Waals surface area (Å²) in [5.74, 6) is 0.723. The van der Waals surface area contributed by atoms with Crippen LogP contribution in [0.1, 0.15) is 30.7 Å². The van der Waals surface area contributed by atoms with Crippen LogP contribution < -0.4 is 25.4 Å². The number of nitrogens with zero attached hydrogens (tertiary/aromatic N) is 4. The molecular weight excluding hydrogens is 648 g/mol. The number of nitrogens with one attached hydrogen (secondary N) is 3. The molecule has 4 N–H and O–H groups in total. The van der Waals surface area contributed by atoms with Crippen LogP contribution in [0, 0.1) is 0 Å². The Kier molecular flexibility index (Phi) is 11.9. The molecule has 0 aliphatic carbocycles. The number of carbonyl (C=O) groups is 1. The minimum absolute atomic E-state index is 0.0723. The maximum atomic E-state index is 12.8. The largest absolute Gasteiger partial charge is 0.480 e. The Morgan fingerprint density at radius 1 is 0.936 bits per heavy atom. The first-order valence-corrected chi connectivity index (χ1v) is 15.9. The molecule has 2 aromatic carbocycles. The molecule has 1 fully saturated rings. The SMILES string of the molecule is COc1nc(-c2cccc(-c3cccc(-c4cnc(CNC(CO)CCF)c(OC)n4)c3Cl)c2Cl)cnc1CNC[C@@H]1CCC(=O)N1. The number of halogens is 3. The first kappa shape index (κ1) is 34.4. The van der Waals surface area contributed by atoms with E-state index in [2.05, 4.69) is 30.9 Å². The highest BCUT2D eigenvalue weighted by Gasteiger charge is 2.22. The number of methoxy groups -OCH3 is 2. The fourth-order valence-electron chi connectivity index (χ4n) is 5.32. The third-order valence-electron chi connectivity index (χ3n) is 7.85. The molecule has 4 aromatic rings. The maximum absolute atomic E-state index is 12.8. The molecule has 2 atom stereocenters. The Bertz CT molecular complexity index is 1710. The summed E-state index contributed by atoms with van der Waals surface area (Å²) in [5.41, 5.74) is 4.80. The number of carbonyl (C=O) groups excluding carboxylic acids is 1. The van der Waals surface area contributed by atoms with Gasteiger partial charge in [-0.25, -0.2) is 9.97 Å². The van der Waals surface area contributed by atoms with Gasteiger partial charge in [-0.05, 0) is 12.8 Å². The van der Waals surface area contributed by atoms with E-state index < -0.39 is 12.7 Å². The van der Waals surface area contributed by atoms with Gasteiger partial charge in [0.25, 0.3) is 0 Å². The van der Waals surface area contributed by atoms with Gasteiger partial charge < -0.3 is 30.5 Å². The number of aliphatic hydroxyl groups is 1. The van der Waals surface area contributed by atoms with Crippen LogP contribution >= 0.6 is 23.2 Å². The Morgan fingerprint density at radius 2 is 1.49 bits per heavy atom. The van der Waals surface area contributed by atoms with Gasteiger partial charge in [0.15, 0.2) is 0 Å². The Balaban J connectivity index is 1.38. The molecule has 5 rings (SSSR count). The molecule has 2 aromatic heterocycles. The molecule has 0 saturated carbocycles. The molecule has 14 heteroatoms. The number of rotatable bonds is 15. The number of ether oxygens (including phenoxy) is 2. The molecule has 1 amide bonds. The average molecular weight is 685 g/mol. The van der Waals surface area contributed by atoms with Gasteiger partial charge in [-0.15, -0.1) is 0 Å². The molecule has 1 aliphatic heterocycles. The molecule has 248 valence electrons. The van der Waals surface area contributed by atoms with Gasteiger partial charge in [0, 0.05) is 60.4 Å². The highest BCUT2D eigenvalue weighted by Crippen LogP contribution is 2.42. The van der Waals surface area contributed by atoms with Gasteiger partial charge >= 0.3 is 0 Å². The lowest BCUT2D eigenvalue weighted by Gasteiger charge is -2.16. The van der Waals surface area contributed by atoms with Crippen molar-refractivity contribution in [3.63, 3.8) is 0 Å². The van der Waals surface area contributed by atoms with E-state index >= 15 is 0 Å². The molecule has 0 radical (unpaired) electrons. The Hall–Kier alpha value is -3.94. The van der Waals surface area contributed by atoms with Crippen molar-refractivity contribution < 1.29 is 23.8 Å². The van der Waals surface area contributed by atoms with Crippen LogP contribution in [0.15, 0.2) is 48.8 Å². The van der Waals surface area contributed by atoms with Crippen LogP contribution in [0.5, 0.6) is 11.8 Å². The molecule has 1 aliphatic rings. The summed E-state index contributed by atoms with van der Waals surface area (Å²) in [5, 5.41) is 19.6. The minimum atomic E-state index is -0.544. The summed E-state index contributed by atoms with van der Waals surface area (Å²) in [6.45, 7) is 0.543. The van der Waals surface area contributed by atoms with E-state index in [0.29, 0.717) is 80.5 Å². The summed E-state index contributed by atoms with van der Waals surface area (Å²) >= 11 is 14.0. The maximum Gasteiger partial charge on any atom is 0.237 e. The van der Waals surface area contributed by atoms with Crippen LogP contribution in [0.25, 0.3) is 33.6 Å². The van der Waals surface area contributed by atoms with Crippen LogP contribution in [-0.2, 0) is 17.9 Å². The van der Waals surface area contributed by atoms with Crippen molar-refractivity contribution in [2.45, 2.75) is 44.4 Å². The lowest BCUT2D eigenvalue weighted by atomic mass is 9.98. The molecule has 11 nitrogen and oxygen atoms in total. The van der Waals surface area contributed by atoms with E-state index in [1.165, 1.54) is 14.2 Å². The van der Waals surface area contributed by atoms with Gasteiger partial charge in [0.1, 0.15) is 11.4 Å². The number of hydrogen-bond acceptors (Lipinski definition) is 10. The number of benzene rings is 2. The predicted octanol–water partition coefficient (Wildman–Crippen LogP) is 4.77. The van der Waals surface area contributed by atoms with Gasteiger partial charge in [-0.1, -0.05) is 59.6 Å². The van der Waals surface area contributed by atoms with Crippen molar-refractivity contribution in [1.82, 2.24) is 35.9 Å². The van der Waals surface area contributed by atoms with Gasteiger partial charge in [0.05, 0.1) is 61.3 Å². The van der Waals surface area contributed by atoms with Crippen LogP contribution in [-0.4, -0.2) is 77.1 Å². The highest BCUT2D eigenvalue weighted by atomic mass is 35.5. The van der Waals surface area contributed by atoms with E-state index in [-0.39, 0.29) is 37.4 Å². The second-order valence-electron chi connectivity index (χ2n) is 10.9. The molecule has 3 heterocycles. The van der Waals surface area contributed by atoms with Gasteiger partial charge in [-0.3, -0.25) is 19.2 Å². The standard InChI is InChI=1S/C33H36Cl2FN7O4/c1-46-32-27(14-37-13-19-9-10-29(45)41-19)39-15-25(42-32)23-7-3-5-21(30(23)34)22-6-4-8-24(31(22)35)26-16-40-28(33(43-26)47-2)17-38-20(18-44)11-12-36/h3-8,15-16,19-20,37-38,44H,9-14,17-18H2,1-2H3,(H,41,45)/t19-,20?/m0/s1. The fraction of sp³-hybridized carbons (Fsp3) is 0.364. The molecule has 1 saturated heterocycles. The normalized spacial score (nSPS) is 15.0.